The van der Waals surface area contributed by atoms with Crippen molar-refractivity contribution in [3.8, 4) is 0 Å². The number of nitrogens with two attached hydrogens (primary N) is 1. The van der Waals surface area contributed by atoms with Gasteiger partial charge in [0.05, 0.1) is 11.9 Å². The third kappa shape index (κ3) is 3.37. The predicted molar refractivity (Wildman–Crippen MR) is 79.8 cm³/mol. The predicted octanol–water partition coefficient (Wildman–Crippen LogP) is 4.08. The van der Waals surface area contributed by atoms with E-state index in [2.05, 4.69) is 24.0 Å². The Morgan fingerprint density at radius 2 is 1.79 bits per heavy atom. The third-order valence-electron chi connectivity index (χ3n) is 2.91. The molecule has 0 fully saturated rings. The van der Waals surface area contributed by atoms with Gasteiger partial charge in [-0.15, -0.1) is 0 Å². The second kappa shape index (κ2) is 5.76. The molecule has 0 bridgehead atoms. The number of hydrogen-bond donors (Lipinski definition) is 1. The van der Waals surface area contributed by atoms with Gasteiger partial charge >= 0.3 is 0 Å². The highest BCUT2D eigenvalue weighted by Crippen LogP contribution is 2.29. The van der Waals surface area contributed by atoms with Crippen LogP contribution < -0.4 is 5.73 Å². The molecular weight excluding hydrogens is 281 g/mol. The van der Waals surface area contributed by atoms with Crippen molar-refractivity contribution in [2.45, 2.75) is 26.2 Å². The maximum atomic E-state index is 6.17. The zero-order valence-corrected chi connectivity index (χ0v) is 12.3. The summed E-state index contributed by atoms with van der Waals surface area (Å²) in [5.74, 6) is 0.409. The van der Waals surface area contributed by atoms with Gasteiger partial charge in [0, 0.05) is 22.2 Å². The number of halogens is 2. The molecule has 0 amide bonds. The molecule has 1 aromatic heterocycles. The average Bonchev–Trinajstić information content (AvgIpc) is 2.34. The van der Waals surface area contributed by atoms with Gasteiger partial charge in [-0.3, -0.25) is 0 Å². The van der Waals surface area contributed by atoms with Crippen LogP contribution in [0.3, 0.4) is 0 Å². The van der Waals surface area contributed by atoms with E-state index in [0.717, 1.165) is 16.8 Å². The van der Waals surface area contributed by atoms with E-state index in [0.29, 0.717) is 28.1 Å². The maximum Gasteiger partial charge on any atom is 0.0678 e. The Morgan fingerprint density at radius 3 is 2.37 bits per heavy atom. The van der Waals surface area contributed by atoms with E-state index in [1.807, 2.05) is 6.07 Å². The maximum absolute atomic E-state index is 6.17. The van der Waals surface area contributed by atoms with Crippen molar-refractivity contribution < 1.29 is 0 Å². The summed E-state index contributed by atoms with van der Waals surface area (Å²) in [4.78, 5) is 0. The Bertz CT molecular complexity index is 574. The molecule has 2 N–H and O–H groups in total. The van der Waals surface area contributed by atoms with Crippen molar-refractivity contribution in [1.82, 2.24) is 10.2 Å². The number of nitrogen functional groups attached to an aromatic ring is 1. The van der Waals surface area contributed by atoms with Gasteiger partial charge in [0.15, 0.2) is 0 Å². The van der Waals surface area contributed by atoms with Crippen LogP contribution in [0.5, 0.6) is 0 Å². The molecule has 0 radical (unpaired) electrons. The van der Waals surface area contributed by atoms with Gasteiger partial charge in [-0.25, -0.2) is 0 Å². The van der Waals surface area contributed by atoms with E-state index >= 15 is 0 Å². The first-order chi connectivity index (χ1) is 8.97. The first kappa shape index (κ1) is 14.1. The van der Waals surface area contributed by atoms with E-state index < -0.39 is 0 Å². The summed E-state index contributed by atoms with van der Waals surface area (Å²) in [5.41, 5.74) is 9.06. The van der Waals surface area contributed by atoms with Crippen molar-refractivity contribution in [2.24, 2.45) is 0 Å². The molecule has 100 valence electrons. The fourth-order valence-corrected chi connectivity index (χ4v) is 2.44. The summed E-state index contributed by atoms with van der Waals surface area (Å²) in [7, 11) is 0. The third-order valence-corrected chi connectivity index (χ3v) is 3.59. The second-order valence-electron chi connectivity index (χ2n) is 4.77. The molecular formula is C14H15Cl2N3. The Balaban J connectivity index is 2.34. The Hall–Kier alpha value is -1.32. The van der Waals surface area contributed by atoms with E-state index in [-0.39, 0.29) is 0 Å². The summed E-state index contributed by atoms with van der Waals surface area (Å²) in [6.45, 7) is 4.23. The molecule has 19 heavy (non-hydrogen) atoms. The van der Waals surface area contributed by atoms with Crippen LogP contribution in [0.25, 0.3) is 0 Å². The van der Waals surface area contributed by atoms with E-state index in [1.54, 1.807) is 18.3 Å². The fraction of sp³-hybridized carbons (Fsp3) is 0.286. The number of aromatic nitrogens is 2. The van der Waals surface area contributed by atoms with Gasteiger partial charge in [-0.05, 0) is 35.2 Å². The van der Waals surface area contributed by atoms with E-state index in [9.17, 15) is 0 Å². The van der Waals surface area contributed by atoms with Crippen molar-refractivity contribution in [2.75, 3.05) is 5.73 Å². The lowest BCUT2D eigenvalue weighted by Gasteiger charge is -2.09. The minimum absolute atomic E-state index is 0.409. The van der Waals surface area contributed by atoms with Crippen molar-refractivity contribution in [3.05, 3.63) is 51.3 Å². The van der Waals surface area contributed by atoms with Gasteiger partial charge in [-0.1, -0.05) is 37.0 Å². The summed E-state index contributed by atoms with van der Waals surface area (Å²) >= 11 is 12.3. The normalized spacial score (nSPS) is 11.0. The Morgan fingerprint density at radius 1 is 1.16 bits per heavy atom. The first-order valence-electron chi connectivity index (χ1n) is 6.02. The summed E-state index contributed by atoms with van der Waals surface area (Å²) in [5, 5.41) is 9.26. The summed E-state index contributed by atoms with van der Waals surface area (Å²) in [6, 6.07) is 5.42. The van der Waals surface area contributed by atoms with Crippen molar-refractivity contribution in [1.29, 1.82) is 0 Å². The topological polar surface area (TPSA) is 51.8 Å². The van der Waals surface area contributed by atoms with Crippen LogP contribution >= 0.6 is 23.2 Å². The van der Waals surface area contributed by atoms with Crippen molar-refractivity contribution >= 4 is 28.9 Å². The molecule has 0 aliphatic heterocycles. The van der Waals surface area contributed by atoms with Gasteiger partial charge in [0.1, 0.15) is 0 Å². The monoisotopic (exact) mass is 295 g/mol. The number of rotatable bonds is 3. The van der Waals surface area contributed by atoms with Gasteiger partial charge in [0.25, 0.3) is 0 Å². The van der Waals surface area contributed by atoms with Crippen LogP contribution in [0.2, 0.25) is 10.0 Å². The molecule has 0 saturated heterocycles. The van der Waals surface area contributed by atoms with Crippen LogP contribution in [0.15, 0.2) is 24.4 Å². The lowest BCUT2D eigenvalue weighted by Crippen LogP contribution is -2.00. The molecule has 0 atom stereocenters. The number of benzene rings is 1. The fourth-order valence-electron chi connectivity index (χ4n) is 1.80. The number of nitrogens with zero attached hydrogens (tertiary/aromatic N) is 2. The van der Waals surface area contributed by atoms with Crippen LogP contribution in [0, 0.1) is 0 Å². The SMILES string of the molecule is CC(C)c1cnnc(Cc2c(Cl)cc(N)cc2Cl)c1. The zero-order chi connectivity index (χ0) is 14.0. The largest absolute Gasteiger partial charge is 0.399 e. The van der Waals surface area contributed by atoms with Gasteiger partial charge in [-0.2, -0.15) is 10.2 Å². The standard InChI is InChI=1S/C14H15Cl2N3/c1-8(2)9-3-11(19-18-7-9)6-12-13(15)4-10(17)5-14(12)16/h3-5,7-8H,6,17H2,1-2H3. The van der Waals surface area contributed by atoms with Gasteiger partial charge < -0.3 is 5.73 Å². The van der Waals surface area contributed by atoms with Crippen LogP contribution in [0.4, 0.5) is 5.69 Å². The molecule has 0 aliphatic carbocycles. The van der Waals surface area contributed by atoms with E-state index in [4.69, 9.17) is 28.9 Å². The van der Waals surface area contributed by atoms with Crippen LogP contribution in [-0.4, -0.2) is 10.2 Å². The highest BCUT2D eigenvalue weighted by atomic mass is 35.5. The molecule has 2 aromatic rings. The molecule has 0 saturated carbocycles. The molecule has 0 spiro atoms. The molecule has 1 heterocycles. The van der Waals surface area contributed by atoms with Crippen molar-refractivity contribution in [3.63, 3.8) is 0 Å². The molecule has 2 rings (SSSR count). The second-order valence-corrected chi connectivity index (χ2v) is 5.59. The Labute approximate surface area is 122 Å². The number of anilines is 1. The smallest absolute Gasteiger partial charge is 0.0678 e. The van der Waals surface area contributed by atoms with Gasteiger partial charge in [0.2, 0.25) is 0 Å². The lowest BCUT2D eigenvalue weighted by molar-refractivity contribution is 0.823. The average molecular weight is 296 g/mol. The lowest BCUT2D eigenvalue weighted by atomic mass is 10.0. The summed E-state index contributed by atoms with van der Waals surface area (Å²) < 4.78 is 0. The molecule has 0 unspecified atom stereocenters. The molecule has 3 nitrogen and oxygen atoms in total. The highest BCUT2D eigenvalue weighted by molar-refractivity contribution is 6.36. The molecule has 1 aromatic carbocycles. The first-order valence-corrected chi connectivity index (χ1v) is 6.78. The van der Waals surface area contributed by atoms with Crippen LogP contribution in [-0.2, 0) is 6.42 Å². The zero-order valence-electron chi connectivity index (χ0n) is 10.8. The minimum atomic E-state index is 0.409. The molecule has 0 aliphatic rings. The van der Waals surface area contributed by atoms with E-state index in [1.165, 1.54) is 0 Å². The molecule has 5 heteroatoms. The van der Waals surface area contributed by atoms with Crippen LogP contribution in [0.1, 0.15) is 36.6 Å². The minimum Gasteiger partial charge on any atom is -0.399 e. The quantitative estimate of drug-likeness (QED) is 0.868. The number of hydrogen-bond acceptors (Lipinski definition) is 3. The highest BCUT2D eigenvalue weighted by Gasteiger charge is 2.10. The summed E-state index contributed by atoms with van der Waals surface area (Å²) in [6.07, 6.45) is 2.33. The Kier molecular flexibility index (Phi) is 4.27.